The summed E-state index contributed by atoms with van der Waals surface area (Å²) in [7, 11) is 1.65. The minimum atomic E-state index is -0.291. The largest absolute Gasteiger partial charge is 0.350 e. The lowest BCUT2D eigenvalue weighted by molar-refractivity contribution is -0.122. The van der Waals surface area contributed by atoms with E-state index >= 15 is 0 Å². The topological polar surface area (TPSA) is 61.4 Å². The van der Waals surface area contributed by atoms with Crippen molar-refractivity contribution in [2.45, 2.75) is 39.4 Å². The van der Waals surface area contributed by atoms with Crippen molar-refractivity contribution in [2.24, 2.45) is 0 Å². The van der Waals surface area contributed by atoms with E-state index in [2.05, 4.69) is 10.6 Å². The van der Waals surface area contributed by atoms with Crippen molar-refractivity contribution in [3.05, 3.63) is 34.9 Å². The monoisotopic (exact) mass is 325 g/mol. The Bertz CT molecular complexity index is 567. The Morgan fingerprint density at radius 2 is 1.86 bits per heavy atom. The highest BCUT2D eigenvalue weighted by Crippen LogP contribution is 2.17. The van der Waals surface area contributed by atoms with Gasteiger partial charge in [0.15, 0.2) is 0 Å². The molecule has 0 saturated carbocycles. The summed E-state index contributed by atoms with van der Waals surface area (Å²) >= 11 is 0. The maximum absolute atomic E-state index is 12.4. The van der Waals surface area contributed by atoms with E-state index in [0.717, 1.165) is 18.7 Å². The molecule has 0 radical (unpaired) electrons. The summed E-state index contributed by atoms with van der Waals surface area (Å²) in [5.74, 6) is -0.282. The Morgan fingerprint density at radius 3 is 2.50 bits per heavy atom. The first-order chi connectivity index (χ1) is 9.76. The number of amides is 2. The number of nitrogens with one attached hydrogen (secondary N) is 2. The van der Waals surface area contributed by atoms with Crippen molar-refractivity contribution in [3.8, 4) is 0 Å². The number of rotatable bonds is 3. The summed E-state index contributed by atoms with van der Waals surface area (Å²) in [6, 6.07) is 5.72. The third-order valence-electron chi connectivity index (χ3n) is 3.33. The fraction of sp³-hybridized carbons (Fsp3) is 0.500. The molecule has 2 amide bonds. The summed E-state index contributed by atoms with van der Waals surface area (Å²) in [5.41, 5.74) is 2.73. The normalized spacial score (nSPS) is 13.1. The number of hydrogen-bond donors (Lipinski definition) is 2. The molecule has 122 valence electrons. The van der Waals surface area contributed by atoms with Crippen LogP contribution < -0.4 is 10.6 Å². The van der Waals surface area contributed by atoms with Gasteiger partial charge in [0.1, 0.15) is 0 Å². The van der Waals surface area contributed by atoms with Crippen LogP contribution in [-0.4, -0.2) is 35.8 Å². The Labute approximate surface area is 137 Å². The summed E-state index contributed by atoms with van der Waals surface area (Å²) in [5, 5.41) is 6.11. The van der Waals surface area contributed by atoms with Gasteiger partial charge in [0, 0.05) is 31.2 Å². The average Bonchev–Trinajstić information content (AvgIpc) is 2.82. The molecule has 1 aromatic carbocycles. The maximum atomic E-state index is 12.4. The van der Waals surface area contributed by atoms with E-state index in [9.17, 15) is 9.59 Å². The molecule has 0 unspecified atom stereocenters. The van der Waals surface area contributed by atoms with Crippen LogP contribution >= 0.6 is 12.4 Å². The van der Waals surface area contributed by atoms with E-state index in [0.29, 0.717) is 5.56 Å². The van der Waals surface area contributed by atoms with Crippen LogP contribution in [0.15, 0.2) is 18.2 Å². The van der Waals surface area contributed by atoms with E-state index in [-0.39, 0.29) is 36.3 Å². The first-order valence-electron chi connectivity index (χ1n) is 7.15. The van der Waals surface area contributed by atoms with Gasteiger partial charge in [-0.1, -0.05) is 6.07 Å². The maximum Gasteiger partial charge on any atom is 0.254 e. The van der Waals surface area contributed by atoms with Gasteiger partial charge < -0.3 is 15.5 Å². The van der Waals surface area contributed by atoms with Crippen LogP contribution in [0.1, 0.15) is 42.3 Å². The second kappa shape index (κ2) is 7.11. The van der Waals surface area contributed by atoms with Crippen molar-refractivity contribution in [1.29, 1.82) is 0 Å². The van der Waals surface area contributed by atoms with Gasteiger partial charge in [-0.05, 0) is 44.0 Å². The van der Waals surface area contributed by atoms with Gasteiger partial charge in [-0.2, -0.15) is 0 Å². The molecule has 1 aliphatic heterocycles. The SMILES string of the molecule is CN(CC(=O)NC(C)(C)C)C(=O)c1ccc2c(c1)CNC2.Cl. The minimum Gasteiger partial charge on any atom is -0.350 e. The number of fused-ring (bicyclic) bond motifs is 1. The van der Waals surface area contributed by atoms with Gasteiger partial charge in [0.2, 0.25) is 5.91 Å². The van der Waals surface area contributed by atoms with Crippen molar-refractivity contribution in [1.82, 2.24) is 15.5 Å². The van der Waals surface area contributed by atoms with E-state index in [1.807, 2.05) is 39.0 Å². The van der Waals surface area contributed by atoms with Crippen molar-refractivity contribution in [2.75, 3.05) is 13.6 Å². The average molecular weight is 326 g/mol. The van der Waals surface area contributed by atoms with Crippen LogP contribution in [0.2, 0.25) is 0 Å². The molecule has 0 bridgehead atoms. The first-order valence-corrected chi connectivity index (χ1v) is 7.15. The quantitative estimate of drug-likeness (QED) is 0.889. The van der Waals surface area contributed by atoms with Gasteiger partial charge in [-0.15, -0.1) is 12.4 Å². The third kappa shape index (κ3) is 4.71. The molecule has 0 atom stereocenters. The fourth-order valence-corrected chi connectivity index (χ4v) is 2.39. The zero-order valence-corrected chi connectivity index (χ0v) is 14.3. The number of likely N-dealkylation sites (N-methyl/N-ethyl adjacent to an activating group) is 1. The summed E-state index contributed by atoms with van der Waals surface area (Å²) in [4.78, 5) is 25.7. The molecule has 0 saturated heterocycles. The second-order valence-corrected chi connectivity index (χ2v) is 6.55. The molecule has 1 aromatic rings. The molecular formula is C16H24ClN3O2. The summed E-state index contributed by atoms with van der Waals surface area (Å²) in [6.45, 7) is 7.46. The number of benzene rings is 1. The molecule has 22 heavy (non-hydrogen) atoms. The Morgan fingerprint density at radius 1 is 1.23 bits per heavy atom. The molecule has 5 nitrogen and oxygen atoms in total. The number of nitrogens with zero attached hydrogens (tertiary/aromatic N) is 1. The number of halogens is 1. The Balaban J connectivity index is 0.00000242. The molecule has 1 heterocycles. The third-order valence-corrected chi connectivity index (χ3v) is 3.33. The zero-order valence-electron chi connectivity index (χ0n) is 13.5. The summed E-state index contributed by atoms with van der Waals surface area (Å²) < 4.78 is 0. The highest BCUT2D eigenvalue weighted by atomic mass is 35.5. The predicted octanol–water partition coefficient (Wildman–Crippen LogP) is 1.70. The van der Waals surface area contributed by atoms with Crippen LogP contribution in [0.4, 0.5) is 0 Å². The van der Waals surface area contributed by atoms with Crippen LogP contribution in [-0.2, 0) is 17.9 Å². The number of carbonyl (C=O) groups excluding carboxylic acids is 2. The molecule has 0 spiro atoms. The van der Waals surface area contributed by atoms with Gasteiger partial charge >= 0.3 is 0 Å². The smallest absolute Gasteiger partial charge is 0.254 e. The van der Waals surface area contributed by atoms with E-state index in [1.54, 1.807) is 7.05 Å². The lowest BCUT2D eigenvalue weighted by Crippen LogP contribution is -2.46. The van der Waals surface area contributed by atoms with E-state index in [1.165, 1.54) is 10.5 Å². The zero-order chi connectivity index (χ0) is 15.6. The molecule has 0 aromatic heterocycles. The van der Waals surface area contributed by atoms with Crippen molar-refractivity contribution >= 4 is 24.2 Å². The van der Waals surface area contributed by atoms with Crippen LogP contribution in [0.3, 0.4) is 0 Å². The Kier molecular flexibility index (Phi) is 5.97. The summed E-state index contributed by atoms with van der Waals surface area (Å²) in [6.07, 6.45) is 0. The fourth-order valence-electron chi connectivity index (χ4n) is 2.39. The molecule has 0 aliphatic carbocycles. The standard InChI is InChI=1S/C16H23N3O2.ClH/c1-16(2,3)18-14(20)10-19(4)15(21)11-5-6-12-8-17-9-13(12)7-11;/h5-7,17H,8-10H2,1-4H3,(H,18,20);1H. The van der Waals surface area contributed by atoms with E-state index < -0.39 is 0 Å². The lowest BCUT2D eigenvalue weighted by atomic mass is 10.1. The van der Waals surface area contributed by atoms with Crippen LogP contribution in [0.5, 0.6) is 0 Å². The highest BCUT2D eigenvalue weighted by Gasteiger charge is 2.20. The van der Waals surface area contributed by atoms with Crippen LogP contribution in [0, 0.1) is 0 Å². The molecule has 0 fully saturated rings. The van der Waals surface area contributed by atoms with Gasteiger partial charge in [0.05, 0.1) is 6.54 Å². The van der Waals surface area contributed by atoms with Crippen LogP contribution in [0.25, 0.3) is 0 Å². The molecule has 1 aliphatic rings. The Hall–Kier alpha value is -1.59. The van der Waals surface area contributed by atoms with E-state index in [4.69, 9.17) is 0 Å². The number of carbonyl (C=O) groups is 2. The number of hydrogen-bond acceptors (Lipinski definition) is 3. The van der Waals surface area contributed by atoms with Gasteiger partial charge in [0.25, 0.3) is 5.91 Å². The molecular weight excluding hydrogens is 302 g/mol. The van der Waals surface area contributed by atoms with Crippen molar-refractivity contribution < 1.29 is 9.59 Å². The van der Waals surface area contributed by atoms with Gasteiger partial charge in [-0.25, -0.2) is 0 Å². The second-order valence-electron chi connectivity index (χ2n) is 6.55. The highest BCUT2D eigenvalue weighted by molar-refractivity contribution is 5.96. The molecule has 6 heteroatoms. The minimum absolute atomic E-state index is 0. The first kappa shape index (κ1) is 18.5. The molecule has 2 rings (SSSR count). The molecule has 2 N–H and O–H groups in total. The predicted molar refractivity (Wildman–Crippen MR) is 89.1 cm³/mol. The van der Waals surface area contributed by atoms with Crippen molar-refractivity contribution in [3.63, 3.8) is 0 Å². The van der Waals surface area contributed by atoms with Gasteiger partial charge in [-0.3, -0.25) is 9.59 Å². The lowest BCUT2D eigenvalue weighted by Gasteiger charge is -2.23.